The third-order valence-corrected chi connectivity index (χ3v) is 3.71. The van der Waals surface area contributed by atoms with Crippen molar-refractivity contribution < 1.29 is 14.6 Å². The van der Waals surface area contributed by atoms with Crippen LogP contribution < -0.4 is 9.47 Å². The zero-order valence-electron chi connectivity index (χ0n) is 12.4. The molecule has 3 nitrogen and oxygen atoms in total. The van der Waals surface area contributed by atoms with E-state index in [0.717, 1.165) is 28.2 Å². The first-order chi connectivity index (χ1) is 10.0. The van der Waals surface area contributed by atoms with Crippen LogP contribution in [0.1, 0.15) is 22.8 Å². The van der Waals surface area contributed by atoms with Crippen molar-refractivity contribution in [3.63, 3.8) is 0 Å². The SMILES string of the molecule is COc1cc(C(O)Cc2cc(Cl)ccc2OC)ccc1C. The van der Waals surface area contributed by atoms with E-state index < -0.39 is 6.10 Å². The molecule has 112 valence electrons. The van der Waals surface area contributed by atoms with Crippen molar-refractivity contribution in [1.29, 1.82) is 0 Å². The van der Waals surface area contributed by atoms with Gasteiger partial charge >= 0.3 is 0 Å². The summed E-state index contributed by atoms with van der Waals surface area (Å²) in [5, 5.41) is 11.1. The summed E-state index contributed by atoms with van der Waals surface area (Å²) in [5.74, 6) is 1.49. The fourth-order valence-corrected chi connectivity index (χ4v) is 2.47. The van der Waals surface area contributed by atoms with Gasteiger partial charge in [0.1, 0.15) is 11.5 Å². The monoisotopic (exact) mass is 306 g/mol. The van der Waals surface area contributed by atoms with Gasteiger partial charge in [0.05, 0.1) is 20.3 Å². The Morgan fingerprint density at radius 1 is 1.05 bits per heavy atom. The smallest absolute Gasteiger partial charge is 0.122 e. The maximum atomic E-state index is 10.4. The zero-order chi connectivity index (χ0) is 15.4. The number of hydrogen-bond donors (Lipinski definition) is 1. The van der Waals surface area contributed by atoms with Crippen LogP contribution in [0.15, 0.2) is 36.4 Å². The van der Waals surface area contributed by atoms with Gasteiger partial charge < -0.3 is 14.6 Å². The third-order valence-electron chi connectivity index (χ3n) is 3.47. The topological polar surface area (TPSA) is 38.7 Å². The van der Waals surface area contributed by atoms with Crippen LogP contribution in [-0.2, 0) is 6.42 Å². The maximum absolute atomic E-state index is 10.4. The van der Waals surface area contributed by atoms with Gasteiger partial charge in [0.15, 0.2) is 0 Å². The van der Waals surface area contributed by atoms with Crippen LogP contribution >= 0.6 is 11.6 Å². The van der Waals surface area contributed by atoms with Gasteiger partial charge in [-0.2, -0.15) is 0 Å². The lowest BCUT2D eigenvalue weighted by atomic mass is 9.99. The predicted molar refractivity (Wildman–Crippen MR) is 84.4 cm³/mol. The molecule has 0 aliphatic rings. The van der Waals surface area contributed by atoms with Gasteiger partial charge in [-0.25, -0.2) is 0 Å². The fraction of sp³-hybridized carbons (Fsp3) is 0.294. The van der Waals surface area contributed by atoms with Crippen LogP contribution in [0.4, 0.5) is 0 Å². The molecule has 0 aliphatic carbocycles. The summed E-state index contributed by atoms with van der Waals surface area (Å²) >= 11 is 6.01. The molecule has 1 unspecified atom stereocenters. The number of ether oxygens (including phenoxy) is 2. The summed E-state index contributed by atoms with van der Waals surface area (Å²) in [4.78, 5) is 0. The van der Waals surface area contributed by atoms with Gasteiger partial charge in [0.25, 0.3) is 0 Å². The highest BCUT2D eigenvalue weighted by molar-refractivity contribution is 6.30. The van der Waals surface area contributed by atoms with E-state index in [1.807, 2.05) is 31.2 Å². The van der Waals surface area contributed by atoms with Gasteiger partial charge in [-0.1, -0.05) is 23.7 Å². The molecule has 1 atom stereocenters. The van der Waals surface area contributed by atoms with Crippen LogP contribution in [0.5, 0.6) is 11.5 Å². The zero-order valence-corrected chi connectivity index (χ0v) is 13.1. The van der Waals surface area contributed by atoms with Crippen molar-refractivity contribution in [2.75, 3.05) is 14.2 Å². The molecule has 0 saturated carbocycles. The molecule has 21 heavy (non-hydrogen) atoms. The van der Waals surface area contributed by atoms with Crippen LogP contribution in [0.2, 0.25) is 5.02 Å². The van der Waals surface area contributed by atoms with Crippen molar-refractivity contribution in [1.82, 2.24) is 0 Å². The molecule has 0 amide bonds. The van der Waals surface area contributed by atoms with Gasteiger partial charge in [-0.3, -0.25) is 0 Å². The first kappa shape index (κ1) is 15.7. The molecule has 0 fully saturated rings. The average molecular weight is 307 g/mol. The molecule has 0 radical (unpaired) electrons. The first-order valence-electron chi connectivity index (χ1n) is 6.70. The van der Waals surface area contributed by atoms with Crippen molar-refractivity contribution in [2.24, 2.45) is 0 Å². The Kier molecular flexibility index (Phi) is 5.10. The van der Waals surface area contributed by atoms with Crippen molar-refractivity contribution in [3.05, 3.63) is 58.1 Å². The Balaban J connectivity index is 2.25. The number of aliphatic hydroxyl groups excluding tert-OH is 1. The molecule has 0 aromatic heterocycles. The van der Waals surface area contributed by atoms with E-state index in [1.54, 1.807) is 26.4 Å². The lowest BCUT2D eigenvalue weighted by Crippen LogP contribution is -2.04. The summed E-state index contributed by atoms with van der Waals surface area (Å²) < 4.78 is 10.6. The van der Waals surface area contributed by atoms with E-state index in [2.05, 4.69) is 0 Å². The highest BCUT2D eigenvalue weighted by Crippen LogP contribution is 2.29. The Morgan fingerprint density at radius 2 is 1.76 bits per heavy atom. The van der Waals surface area contributed by atoms with Crippen molar-refractivity contribution >= 4 is 11.6 Å². The quantitative estimate of drug-likeness (QED) is 0.909. The molecule has 2 aromatic carbocycles. The number of rotatable bonds is 5. The molecule has 0 heterocycles. The number of methoxy groups -OCH3 is 2. The minimum Gasteiger partial charge on any atom is -0.496 e. The standard InChI is InChI=1S/C17H19ClO3/c1-11-4-5-12(10-17(11)21-3)15(19)9-13-8-14(18)6-7-16(13)20-2/h4-8,10,15,19H,9H2,1-3H3. The molecule has 0 aliphatic heterocycles. The summed E-state index contributed by atoms with van der Waals surface area (Å²) in [5.41, 5.74) is 2.71. The average Bonchev–Trinajstić information content (AvgIpc) is 2.48. The largest absolute Gasteiger partial charge is 0.496 e. The van der Waals surface area contributed by atoms with E-state index in [-0.39, 0.29) is 0 Å². The third kappa shape index (κ3) is 3.69. The Bertz CT molecular complexity index is 625. The van der Waals surface area contributed by atoms with E-state index in [4.69, 9.17) is 21.1 Å². The number of hydrogen-bond acceptors (Lipinski definition) is 3. The number of aliphatic hydroxyl groups is 1. The highest BCUT2D eigenvalue weighted by Gasteiger charge is 2.14. The molecular weight excluding hydrogens is 288 g/mol. The minimum absolute atomic E-state index is 0.427. The van der Waals surface area contributed by atoms with Gasteiger partial charge in [0, 0.05) is 11.4 Å². The van der Waals surface area contributed by atoms with Crippen molar-refractivity contribution in [3.8, 4) is 11.5 Å². The summed E-state index contributed by atoms with van der Waals surface area (Å²) in [7, 11) is 3.23. The number of aryl methyl sites for hydroxylation is 1. The summed E-state index contributed by atoms with van der Waals surface area (Å²) in [6.45, 7) is 1.97. The first-order valence-corrected chi connectivity index (χ1v) is 7.08. The predicted octanol–water partition coefficient (Wildman–Crippen LogP) is 3.94. The minimum atomic E-state index is -0.646. The second kappa shape index (κ2) is 6.83. The molecule has 2 rings (SSSR count). The van der Waals surface area contributed by atoms with E-state index in [9.17, 15) is 5.11 Å². The van der Waals surface area contributed by atoms with Gasteiger partial charge in [0.2, 0.25) is 0 Å². The lowest BCUT2D eigenvalue weighted by molar-refractivity contribution is 0.177. The van der Waals surface area contributed by atoms with Crippen LogP contribution in [0, 0.1) is 6.92 Å². The summed E-state index contributed by atoms with van der Waals surface area (Å²) in [6.07, 6.45) is -0.220. The number of halogens is 1. The van der Waals surface area contributed by atoms with Crippen LogP contribution in [0.25, 0.3) is 0 Å². The molecule has 0 saturated heterocycles. The lowest BCUT2D eigenvalue weighted by Gasteiger charge is -2.15. The maximum Gasteiger partial charge on any atom is 0.122 e. The molecule has 0 bridgehead atoms. The molecule has 0 spiro atoms. The fourth-order valence-electron chi connectivity index (χ4n) is 2.28. The van der Waals surface area contributed by atoms with E-state index in [1.165, 1.54) is 0 Å². The van der Waals surface area contributed by atoms with E-state index in [0.29, 0.717) is 11.4 Å². The van der Waals surface area contributed by atoms with Crippen molar-refractivity contribution in [2.45, 2.75) is 19.4 Å². The van der Waals surface area contributed by atoms with Gasteiger partial charge in [-0.15, -0.1) is 0 Å². The Labute approximate surface area is 130 Å². The highest BCUT2D eigenvalue weighted by atomic mass is 35.5. The molecule has 4 heteroatoms. The van der Waals surface area contributed by atoms with E-state index >= 15 is 0 Å². The second-order valence-electron chi connectivity index (χ2n) is 4.91. The van der Waals surface area contributed by atoms with Crippen LogP contribution in [-0.4, -0.2) is 19.3 Å². The normalized spacial score (nSPS) is 12.0. The Hall–Kier alpha value is -1.71. The Morgan fingerprint density at radius 3 is 2.43 bits per heavy atom. The molecule has 1 N–H and O–H groups in total. The second-order valence-corrected chi connectivity index (χ2v) is 5.34. The van der Waals surface area contributed by atoms with Gasteiger partial charge in [-0.05, 0) is 47.9 Å². The number of benzene rings is 2. The summed E-state index contributed by atoms with van der Waals surface area (Å²) in [6, 6.07) is 11.1. The molecular formula is C17H19ClO3. The van der Waals surface area contributed by atoms with Crippen LogP contribution in [0.3, 0.4) is 0 Å². The molecule has 2 aromatic rings.